The van der Waals surface area contributed by atoms with Crippen LogP contribution in [0.1, 0.15) is 65.1 Å². The van der Waals surface area contributed by atoms with E-state index < -0.39 is 11.9 Å². The number of fused-ring (bicyclic) bond motifs is 3. The van der Waals surface area contributed by atoms with Gasteiger partial charge in [-0.25, -0.2) is 4.98 Å². The van der Waals surface area contributed by atoms with Crippen molar-refractivity contribution in [2.45, 2.75) is 51.7 Å². The maximum absolute atomic E-state index is 14.0. The summed E-state index contributed by atoms with van der Waals surface area (Å²) in [6.07, 6.45) is 3.10. The third kappa shape index (κ3) is 6.72. The highest BCUT2D eigenvalue weighted by Gasteiger charge is 2.32. The van der Waals surface area contributed by atoms with Gasteiger partial charge in [0.05, 0.1) is 27.8 Å². The number of aryl methyl sites for hydroxylation is 1. The summed E-state index contributed by atoms with van der Waals surface area (Å²) in [4.78, 5) is 45.4. The minimum absolute atomic E-state index is 0.0479. The number of carboxylic acids is 1. The Balaban J connectivity index is 1.04. The Labute approximate surface area is 316 Å². The SMILES string of the molecule is CC(=O)NCCNC1CCCn2nc(C(=O)N3CCc4c(-c5cccc(-c6nc7cc(CN8CC[C@@H](C(=O)O)C8)cc(C#N)c7o6)c5Cl)cccc43)cc21. The number of carbonyl (C=O) groups excluding carboxylic acids is 2. The molecule has 3 aliphatic heterocycles. The van der Waals surface area contributed by atoms with E-state index >= 15 is 0 Å². The number of aromatic nitrogens is 3. The molecule has 3 N–H and O–H groups in total. The molecule has 0 aliphatic carbocycles. The van der Waals surface area contributed by atoms with Crippen LogP contribution in [0.2, 0.25) is 5.02 Å². The summed E-state index contributed by atoms with van der Waals surface area (Å²) in [5.41, 5.74) is 7.55. The lowest BCUT2D eigenvalue weighted by Crippen LogP contribution is -2.34. The van der Waals surface area contributed by atoms with Crippen molar-refractivity contribution in [2.75, 3.05) is 37.6 Å². The third-order valence-electron chi connectivity index (χ3n) is 10.6. The first-order valence-electron chi connectivity index (χ1n) is 18.3. The molecule has 2 amide bonds. The average Bonchev–Trinajstić information content (AvgIpc) is 3.98. The van der Waals surface area contributed by atoms with Crippen LogP contribution in [0.25, 0.3) is 33.7 Å². The molecule has 3 aromatic carbocycles. The van der Waals surface area contributed by atoms with Crippen LogP contribution in [0.3, 0.4) is 0 Å². The Hall–Kier alpha value is -5.55. The first-order chi connectivity index (χ1) is 26.2. The predicted octanol–water partition coefficient (Wildman–Crippen LogP) is 5.55. The summed E-state index contributed by atoms with van der Waals surface area (Å²) in [5, 5.41) is 30.9. The van der Waals surface area contributed by atoms with Crippen molar-refractivity contribution in [1.29, 1.82) is 5.26 Å². The highest BCUT2D eigenvalue weighted by Crippen LogP contribution is 2.43. The number of rotatable bonds is 10. The van der Waals surface area contributed by atoms with E-state index in [2.05, 4.69) is 21.6 Å². The van der Waals surface area contributed by atoms with Crippen LogP contribution in [0.4, 0.5) is 5.69 Å². The topological polar surface area (TPSA) is 170 Å². The van der Waals surface area contributed by atoms with E-state index in [0.29, 0.717) is 85.1 Å². The molecule has 3 aliphatic rings. The van der Waals surface area contributed by atoms with Crippen molar-refractivity contribution in [3.8, 4) is 28.7 Å². The summed E-state index contributed by atoms with van der Waals surface area (Å²) in [6.45, 7) is 5.54. The van der Waals surface area contributed by atoms with E-state index in [0.717, 1.165) is 53.0 Å². The van der Waals surface area contributed by atoms with Gasteiger partial charge in [0.2, 0.25) is 11.8 Å². The maximum atomic E-state index is 14.0. The van der Waals surface area contributed by atoms with Gasteiger partial charge in [-0.1, -0.05) is 35.9 Å². The number of carboxylic acid groups (broad SMARTS) is 1. The monoisotopic (exact) mass is 746 g/mol. The molecule has 1 unspecified atom stereocenters. The molecule has 5 aromatic rings. The molecule has 13 nitrogen and oxygen atoms in total. The van der Waals surface area contributed by atoms with Crippen LogP contribution in [0.5, 0.6) is 0 Å². The Morgan fingerprint density at radius 2 is 1.85 bits per heavy atom. The molecule has 1 fully saturated rings. The van der Waals surface area contributed by atoms with Gasteiger partial charge in [-0.15, -0.1) is 0 Å². The zero-order chi connectivity index (χ0) is 37.5. The molecule has 2 aromatic heterocycles. The fraction of sp³-hybridized carbons (Fsp3) is 0.350. The van der Waals surface area contributed by atoms with E-state index in [1.807, 2.05) is 53.2 Å². The van der Waals surface area contributed by atoms with Crippen molar-refractivity contribution in [1.82, 2.24) is 30.3 Å². The second-order valence-corrected chi connectivity index (χ2v) is 14.5. The predicted molar refractivity (Wildman–Crippen MR) is 202 cm³/mol. The number of anilines is 1. The fourth-order valence-electron chi connectivity index (χ4n) is 8.04. The standard InChI is InChI=1S/C40H39ClN8O5/c1-23(50)43-12-13-44-31-8-4-14-49-35(31)19-33(46-49)39(51)48-16-11-28-27(5-3-9-34(28)48)29-6-2-7-30(36(29)41)38-45-32-18-24(17-26(20-42)37(32)54-38)21-47-15-10-25(22-47)40(52)53/h2-3,5-7,9,17-19,25,31,44H,4,8,10-16,21-22H2,1H3,(H,43,50)(H,52,53)/t25-,31?/m1/s1. The number of carbonyl (C=O) groups is 3. The molecule has 2 atom stereocenters. The second-order valence-electron chi connectivity index (χ2n) is 14.2. The van der Waals surface area contributed by atoms with Gasteiger partial charge in [0.1, 0.15) is 11.6 Å². The van der Waals surface area contributed by atoms with Gasteiger partial charge in [0, 0.05) is 63.5 Å². The smallest absolute Gasteiger partial charge is 0.307 e. The zero-order valence-corrected chi connectivity index (χ0v) is 30.5. The van der Waals surface area contributed by atoms with Crippen molar-refractivity contribution in [3.05, 3.63) is 87.7 Å². The Morgan fingerprint density at radius 3 is 2.65 bits per heavy atom. The quantitative estimate of drug-likeness (QED) is 0.154. The van der Waals surface area contributed by atoms with E-state index in [1.165, 1.54) is 6.92 Å². The van der Waals surface area contributed by atoms with Crippen LogP contribution in [-0.2, 0) is 29.1 Å². The third-order valence-corrected chi connectivity index (χ3v) is 11.0. The van der Waals surface area contributed by atoms with Crippen molar-refractivity contribution in [2.24, 2.45) is 5.92 Å². The molecule has 5 heterocycles. The van der Waals surface area contributed by atoms with Gasteiger partial charge in [-0.05, 0) is 79.3 Å². The van der Waals surface area contributed by atoms with Gasteiger partial charge < -0.3 is 25.1 Å². The molecule has 0 radical (unpaired) electrons. The van der Waals surface area contributed by atoms with E-state index in [4.69, 9.17) is 26.1 Å². The molecular weight excluding hydrogens is 708 g/mol. The fourth-order valence-corrected chi connectivity index (χ4v) is 8.35. The molecular formula is C40H39ClN8O5. The molecule has 0 spiro atoms. The summed E-state index contributed by atoms with van der Waals surface area (Å²) >= 11 is 7.15. The van der Waals surface area contributed by atoms with Gasteiger partial charge in [-0.3, -0.25) is 24.0 Å². The molecule has 54 heavy (non-hydrogen) atoms. The van der Waals surface area contributed by atoms with Crippen molar-refractivity contribution >= 4 is 46.2 Å². The number of nitrogens with zero attached hydrogens (tertiary/aromatic N) is 6. The van der Waals surface area contributed by atoms with Crippen molar-refractivity contribution in [3.63, 3.8) is 0 Å². The normalized spacial score (nSPS) is 18.1. The number of aliphatic carboxylic acids is 1. The molecule has 1 saturated heterocycles. The number of nitrogens with one attached hydrogen (secondary N) is 2. The number of hydrogen-bond acceptors (Lipinski definition) is 9. The maximum Gasteiger partial charge on any atom is 0.307 e. The van der Waals surface area contributed by atoms with Gasteiger partial charge >= 0.3 is 5.97 Å². The van der Waals surface area contributed by atoms with Crippen LogP contribution < -0.4 is 15.5 Å². The van der Waals surface area contributed by atoms with E-state index in [-0.39, 0.29) is 23.7 Å². The first-order valence-corrected chi connectivity index (χ1v) is 18.6. The first kappa shape index (κ1) is 35.5. The molecule has 14 heteroatoms. The minimum atomic E-state index is -0.787. The second kappa shape index (κ2) is 14.7. The summed E-state index contributed by atoms with van der Waals surface area (Å²) in [7, 11) is 0. The lowest BCUT2D eigenvalue weighted by molar-refractivity contribution is -0.141. The molecule has 0 saturated carbocycles. The largest absolute Gasteiger partial charge is 0.481 e. The Morgan fingerprint density at radius 1 is 1.04 bits per heavy atom. The van der Waals surface area contributed by atoms with E-state index in [9.17, 15) is 24.8 Å². The number of oxazole rings is 1. The number of likely N-dealkylation sites (tertiary alicyclic amines) is 1. The molecule has 0 bridgehead atoms. The lowest BCUT2D eigenvalue weighted by atomic mass is 9.96. The van der Waals surface area contributed by atoms with Crippen LogP contribution in [0.15, 0.2) is 59.0 Å². The summed E-state index contributed by atoms with van der Waals surface area (Å²) in [5.74, 6) is -1.11. The van der Waals surface area contributed by atoms with Gasteiger partial charge in [-0.2, -0.15) is 10.4 Å². The average molecular weight is 747 g/mol. The number of nitriles is 1. The van der Waals surface area contributed by atoms with E-state index in [1.54, 1.807) is 11.0 Å². The molecule has 276 valence electrons. The van der Waals surface area contributed by atoms with Gasteiger partial charge in [0.15, 0.2) is 11.3 Å². The Kier molecular flexibility index (Phi) is 9.66. The number of halogens is 1. The van der Waals surface area contributed by atoms with Crippen LogP contribution >= 0.6 is 11.6 Å². The van der Waals surface area contributed by atoms with Crippen LogP contribution in [0, 0.1) is 17.2 Å². The summed E-state index contributed by atoms with van der Waals surface area (Å²) in [6, 6.07) is 19.4. The number of hydrogen-bond donors (Lipinski definition) is 3. The number of benzene rings is 3. The highest BCUT2D eigenvalue weighted by atomic mass is 35.5. The van der Waals surface area contributed by atoms with Crippen molar-refractivity contribution < 1.29 is 23.9 Å². The minimum Gasteiger partial charge on any atom is -0.481 e. The Bertz CT molecular complexity index is 2340. The summed E-state index contributed by atoms with van der Waals surface area (Å²) < 4.78 is 8.12. The van der Waals surface area contributed by atoms with Gasteiger partial charge in [0.25, 0.3) is 5.91 Å². The number of amides is 2. The highest BCUT2D eigenvalue weighted by molar-refractivity contribution is 6.36. The lowest BCUT2D eigenvalue weighted by Gasteiger charge is -2.24. The zero-order valence-electron chi connectivity index (χ0n) is 29.8. The van der Waals surface area contributed by atoms with Crippen LogP contribution in [-0.4, -0.2) is 75.3 Å². The molecule has 8 rings (SSSR count).